The molecule has 1 atom stereocenters. The van der Waals surface area contributed by atoms with Crippen molar-refractivity contribution in [3.05, 3.63) is 90.3 Å². The number of rotatable bonds is 8. The van der Waals surface area contributed by atoms with Crippen molar-refractivity contribution in [3.8, 4) is 22.8 Å². The smallest absolute Gasteiger partial charge is 0.262 e. The van der Waals surface area contributed by atoms with E-state index in [1.165, 1.54) is 6.33 Å². The summed E-state index contributed by atoms with van der Waals surface area (Å²) in [4.78, 5) is 68.0. The molecule has 1 aliphatic carbocycles. The van der Waals surface area contributed by atoms with Crippen LogP contribution in [0.2, 0.25) is 0 Å². The summed E-state index contributed by atoms with van der Waals surface area (Å²) in [5.74, 6) is 0.00636. The first-order chi connectivity index (χ1) is 28.3. The Hall–Kier alpha value is -6.19. The van der Waals surface area contributed by atoms with Crippen molar-refractivity contribution >= 4 is 46.2 Å². The lowest BCUT2D eigenvalue weighted by Gasteiger charge is -2.50. The fourth-order valence-corrected chi connectivity index (χ4v) is 9.45. The highest BCUT2D eigenvalue weighted by Crippen LogP contribution is 2.38. The summed E-state index contributed by atoms with van der Waals surface area (Å²) >= 11 is 0. The van der Waals surface area contributed by atoms with E-state index in [2.05, 4.69) is 34.7 Å². The number of fused-ring (bicyclic) bond motifs is 2. The van der Waals surface area contributed by atoms with Crippen molar-refractivity contribution in [2.24, 2.45) is 0 Å². The summed E-state index contributed by atoms with van der Waals surface area (Å²) in [7, 11) is 0. The van der Waals surface area contributed by atoms with Gasteiger partial charge in [-0.05, 0) is 86.7 Å². The molecular formula is C43H44N10O5. The molecule has 0 bridgehead atoms. The van der Waals surface area contributed by atoms with Crippen LogP contribution in [0.4, 0.5) is 11.5 Å². The van der Waals surface area contributed by atoms with Crippen LogP contribution in [0.3, 0.4) is 0 Å². The average molecular weight is 781 g/mol. The van der Waals surface area contributed by atoms with Gasteiger partial charge in [-0.15, -0.1) is 0 Å². The van der Waals surface area contributed by atoms with Crippen molar-refractivity contribution in [2.75, 3.05) is 49.9 Å². The number of benzene rings is 3. The number of imide groups is 2. The number of carbonyl (C=O) groups is 4. The number of ether oxygens (including phenoxy) is 1. The number of hydrogen-bond acceptors (Lipinski definition) is 12. The minimum Gasteiger partial charge on any atom is -0.457 e. The number of nitrogen functional groups attached to an aromatic ring is 1. The van der Waals surface area contributed by atoms with Crippen LogP contribution in [-0.4, -0.2) is 115 Å². The number of anilines is 2. The number of para-hydroxylation sites is 1. The minimum absolute atomic E-state index is 0.0979. The third kappa shape index (κ3) is 6.43. The monoisotopic (exact) mass is 780 g/mol. The van der Waals surface area contributed by atoms with Gasteiger partial charge >= 0.3 is 0 Å². The number of nitrogens with zero attached hydrogens (tertiary/aromatic N) is 8. The fourth-order valence-electron chi connectivity index (χ4n) is 9.45. The van der Waals surface area contributed by atoms with Crippen LogP contribution in [0.25, 0.3) is 22.3 Å². The number of nitrogens with two attached hydrogens (primary N) is 1. The predicted molar refractivity (Wildman–Crippen MR) is 215 cm³/mol. The van der Waals surface area contributed by atoms with Gasteiger partial charge in [-0.25, -0.2) is 14.6 Å². The van der Waals surface area contributed by atoms with Crippen molar-refractivity contribution in [1.29, 1.82) is 0 Å². The van der Waals surface area contributed by atoms with E-state index >= 15 is 0 Å². The zero-order valence-corrected chi connectivity index (χ0v) is 32.0. The quantitative estimate of drug-likeness (QED) is 0.215. The first-order valence-corrected chi connectivity index (χ1v) is 20.2. The van der Waals surface area contributed by atoms with Crippen LogP contribution in [-0.2, 0) is 9.59 Å². The molecule has 0 radical (unpaired) electrons. The number of piperidine rings is 1. The molecule has 4 amide bonds. The van der Waals surface area contributed by atoms with Crippen LogP contribution in [0, 0.1) is 0 Å². The van der Waals surface area contributed by atoms with Crippen LogP contribution < -0.4 is 20.7 Å². The Morgan fingerprint density at radius 2 is 1.38 bits per heavy atom. The van der Waals surface area contributed by atoms with E-state index in [9.17, 15) is 19.2 Å². The second-order valence-electron chi connectivity index (χ2n) is 16.0. The lowest BCUT2D eigenvalue weighted by Crippen LogP contribution is -2.64. The molecule has 3 aromatic carbocycles. The lowest BCUT2D eigenvalue weighted by atomic mass is 9.89. The standard InChI is InChI=1S/C43H44N10O5/c44-39-37-38(26-6-13-32(14-7-26)58-31-4-2-1-3-5-31)48-53(40(37)46-25-45-39)28-10-8-27(9-11-28)49-18-20-50(21-19-49)30-23-51(24-30)29-12-15-33-34(22-29)43(57)52(42(33)56)35-16-17-36(54)47-41(35)55/h1-7,12-15,22,25,27-28,30,35H,8-11,16-21,23-24H2,(H2,44,45,46)(H,47,54,55). The molecule has 15 nitrogen and oxygen atoms in total. The van der Waals surface area contributed by atoms with Gasteiger partial charge in [0, 0.05) is 69.0 Å². The number of piperazine rings is 1. The van der Waals surface area contributed by atoms with E-state index in [0.717, 1.165) is 109 Å². The molecule has 3 saturated heterocycles. The normalized spacial score (nSPS) is 23.3. The van der Waals surface area contributed by atoms with Gasteiger partial charge < -0.3 is 15.4 Å². The molecule has 4 aliphatic heterocycles. The second-order valence-corrected chi connectivity index (χ2v) is 16.0. The molecule has 0 spiro atoms. The van der Waals surface area contributed by atoms with Gasteiger partial charge in [-0.1, -0.05) is 18.2 Å². The fraction of sp³-hybridized carbons (Fsp3) is 0.372. The Bertz CT molecular complexity index is 2420. The van der Waals surface area contributed by atoms with Gasteiger partial charge in [0.25, 0.3) is 11.8 Å². The van der Waals surface area contributed by atoms with Crippen molar-refractivity contribution in [2.45, 2.75) is 62.7 Å². The van der Waals surface area contributed by atoms with Crippen molar-refractivity contribution in [3.63, 3.8) is 0 Å². The van der Waals surface area contributed by atoms with Crippen LogP contribution in [0.1, 0.15) is 65.3 Å². The van der Waals surface area contributed by atoms with Crippen LogP contribution >= 0.6 is 0 Å². The van der Waals surface area contributed by atoms with Crippen molar-refractivity contribution in [1.82, 2.24) is 39.8 Å². The summed E-state index contributed by atoms with van der Waals surface area (Å²) in [6.07, 6.45) is 5.96. The zero-order valence-electron chi connectivity index (χ0n) is 32.0. The van der Waals surface area contributed by atoms with Gasteiger partial charge in [-0.2, -0.15) is 5.10 Å². The topological polar surface area (TPSA) is 172 Å². The highest BCUT2D eigenvalue weighted by molar-refractivity contribution is 6.23. The Balaban J connectivity index is 0.731. The van der Waals surface area contributed by atoms with Gasteiger partial charge in [0.1, 0.15) is 35.4 Å². The highest BCUT2D eigenvalue weighted by Gasteiger charge is 2.45. The van der Waals surface area contributed by atoms with Gasteiger partial charge in [0.15, 0.2) is 5.65 Å². The number of nitrogens with one attached hydrogen (secondary N) is 1. The highest BCUT2D eigenvalue weighted by atomic mass is 16.5. The maximum absolute atomic E-state index is 13.3. The number of carbonyl (C=O) groups excluding carboxylic acids is 4. The van der Waals surface area contributed by atoms with E-state index in [1.54, 1.807) is 12.1 Å². The first kappa shape index (κ1) is 36.2. The maximum Gasteiger partial charge on any atom is 0.262 e. The van der Waals surface area contributed by atoms with E-state index < -0.39 is 23.8 Å². The molecule has 296 valence electrons. The SMILES string of the molecule is Nc1ncnc2c1c(-c1ccc(Oc3ccccc3)cc1)nn2C1CCC(N2CCN(C3CN(c4ccc5c(c4)C(=O)N(C4CCC(=O)NC4=O)C5=O)C3)CC2)CC1. The average Bonchev–Trinajstić information content (AvgIpc) is 3.74. The second kappa shape index (κ2) is 14.6. The third-order valence-electron chi connectivity index (χ3n) is 12.7. The molecule has 10 rings (SSSR count). The zero-order chi connectivity index (χ0) is 39.5. The molecule has 6 heterocycles. The third-order valence-corrected chi connectivity index (χ3v) is 12.7. The summed E-state index contributed by atoms with van der Waals surface area (Å²) in [5, 5.41) is 8.16. The molecule has 5 aliphatic rings. The largest absolute Gasteiger partial charge is 0.457 e. The number of aromatic nitrogens is 4. The summed E-state index contributed by atoms with van der Waals surface area (Å²) in [5.41, 5.74) is 10.5. The van der Waals surface area contributed by atoms with Crippen LogP contribution in [0.5, 0.6) is 11.5 Å². The molecule has 1 saturated carbocycles. The Labute approximate surface area is 334 Å². The predicted octanol–water partition coefficient (Wildman–Crippen LogP) is 4.26. The van der Waals surface area contributed by atoms with E-state index in [4.69, 9.17) is 15.6 Å². The summed E-state index contributed by atoms with van der Waals surface area (Å²) < 4.78 is 8.09. The molecular weight excluding hydrogens is 737 g/mol. The Kier molecular flexibility index (Phi) is 9.13. The molecule has 1 unspecified atom stereocenters. The molecule has 4 fully saturated rings. The van der Waals surface area contributed by atoms with E-state index in [1.807, 2.05) is 60.7 Å². The van der Waals surface area contributed by atoms with Gasteiger partial charge in [0.05, 0.1) is 22.6 Å². The van der Waals surface area contributed by atoms with Gasteiger partial charge in [0.2, 0.25) is 11.8 Å². The number of hydrogen-bond donors (Lipinski definition) is 2. The summed E-state index contributed by atoms with van der Waals surface area (Å²) in [6, 6.07) is 23.2. The first-order valence-electron chi connectivity index (χ1n) is 20.2. The van der Waals surface area contributed by atoms with Gasteiger partial charge in [-0.3, -0.25) is 39.2 Å². The van der Waals surface area contributed by atoms with E-state index in [-0.39, 0.29) is 24.8 Å². The van der Waals surface area contributed by atoms with Crippen molar-refractivity contribution < 1.29 is 23.9 Å². The van der Waals surface area contributed by atoms with E-state index in [0.29, 0.717) is 29.0 Å². The lowest BCUT2D eigenvalue weighted by molar-refractivity contribution is -0.136. The molecule has 15 heteroatoms. The Morgan fingerprint density at radius 1 is 0.707 bits per heavy atom. The van der Waals surface area contributed by atoms with Crippen LogP contribution in [0.15, 0.2) is 79.1 Å². The minimum atomic E-state index is -0.966. The number of amides is 4. The molecule has 58 heavy (non-hydrogen) atoms. The Morgan fingerprint density at radius 3 is 2.10 bits per heavy atom. The molecule has 3 N–H and O–H groups in total. The summed E-state index contributed by atoms with van der Waals surface area (Å²) in [6.45, 7) is 5.77. The maximum atomic E-state index is 13.3. The molecule has 5 aromatic rings. The molecule has 2 aromatic heterocycles.